The Kier molecular flexibility index (Phi) is 17.5. The average molecular weight is 678 g/mol. The Hall–Kier alpha value is -2.68. The van der Waals surface area contributed by atoms with Crippen LogP contribution in [-0.4, -0.2) is 82.2 Å². The number of fused-ring (bicyclic) bond motifs is 2. The molecule has 0 saturated heterocycles. The molecule has 2 aliphatic carbocycles. The van der Waals surface area contributed by atoms with Crippen molar-refractivity contribution in [3.8, 4) is 0 Å². The van der Waals surface area contributed by atoms with Crippen LogP contribution in [0.3, 0.4) is 0 Å². The Morgan fingerprint density at radius 1 is 0.756 bits per heavy atom. The van der Waals surface area contributed by atoms with Crippen LogP contribution in [0.2, 0.25) is 0 Å². The second kappa shape index (κ2) is 18.7. The molecule has 4 rings (SSSR count). The number of thiocarbonyl (C=S) groups is 2. The van der Waals surface area contributed by atoms with E-state index in [4.69, 9.17) is 0 Å². The monoisotopic (exact) mass is 677 g/mol. The normalized spacial score (nSPS) is 19.1. The van der Waals surface area contributed by atoms with Crippen molar-refractivity contribution in [2.24, 2.45) is 0 Å². The summed E-state index contributed by atoms with van der Waals surface area (Å²) in [5.74, 6) is -2.81. The predicted molar refractivity (Wildman–Crippen MR) is 164 cm³/mol. The van der Waals surface area contributed by atoms with E-state index in [0.29, 0.717) is 21.5 Å². The van der Waals surface area contributed by atoms with Crippen LogP contribution in [0.1, 0.15) is 12.8 Å². The van der Waals surface area contributed by atoms with Crippen molar-refractivity contribution in [1.82, 2.24) is 20.4 Å². The van der Waals surface area contributed by atoms with Crippen LogP contribution < -0.4 is 20.8 Å². The van der Waals surface area contributed by atoms with Crippen molar-refractivity contribution in [3.05, 3.63) is 71.1 Å². The van der Waals surface area contributed by atoms with Gasteiger partial charge in [0.1, 0.15) is 20.7 Å². The first kappa shape index (κ1) is 38.3. The molecule has 0 amide bonds. The van der Waals surface area contributed by atoms with Crippen molar-refractivity contribution in [2.75, 3.05) is 28.2 Å². The van der Waals surface area contributed by atoms with Gasteiger partial charge < -0.3 is 40.2 Å². The van der Waals surface area contributed by atoms with Crippen molar-refractivity contribution < 1.29 is 46.5 Å². The molecular weight excluding hydrogens is 648 g/mol. The van der Waals surface area contributed by atoms with Gasteiger partial charge in [0.05, 0.1) is 23.3 Å². The molecule has 2 N–H and O–H groups in total. The number of dihydropyridines is 2. The molecule has 0 spiro atoms. The number of hydrogen-bond donors (Lipinski definition) is 4. The second-order valence-electron chi connectivity index (χ2n) is 8.75. The number of rotatable bonds is 2. The van der Waals surface area contributed by atoms with E-state index >= 15 is 0 Å². The van der Waals surface area contributed by atoms with Gasteiger partial charge >= 0.3 is 17.1 Å². The maximum Gasteiger partial charge on any atom is 2.00 e. The minimum absolute atomic E-state index is 0. The van der Waals surface area contributed by atoms with Crippen LogP contribution in [-0.2, 0) is 36.2 Å². The number of thiol groups is 2. The zero-order valence-corrected chi connectivity index (χ0v) is 27.2. The molecule has 0 aromatic heterocycles. The zero-order chi connectivity index (χ0) is 30.6. The molecule has 15 heteroatoms. The Labute approximate surface area is 271 Å². The van der Waals surface area contributed by atoms with Gasteiger partial charge in [0.2, 0.25) is 0 Å². The van der Waals surface area contributed by atoms with Crippen LogP contribution in [0.15, 0.2) is 71.1 Å². The molecule has 4 aliphatic rings. The van der Waals surface area contributed by atoms with E-state index in [1.54, 1.807) is 34.1 Å². The number of allylic oxidation sites excluding steroid dienone is 6. The van der Waals surface area contributed by atoms with Gasteiger partial charge in [-0.05, 0) is 48.3 Å². The molecule has 0 bridgehead atoms. The van der Waals surface area contributed by atoms with Gasteiger partial charge in [0.15, 0.2) is 11.6 Å². The molecule has 1 radical (unpaired) electrons. The molecule has 2 heterocycles. The van der Waals surface area contributed by atoms with E-state index in [2.05, 4.69) is 60.3 Å². The molecule has 0 aromatic carbocycles. The summed E-state index contributed by atoms with van der Waals surface area (Å²) in [7, 11) is 7.43. The molecular formula is C26H30MnN4O6S4. The first-order valence-corrected chi connectivity index (χ1v) is 13.3. The number of carbonyl (C=O) groups excluding carboxylic acids is 4. The Morgan fingerprint density at radius 3 is 1.29 bits per heavy atom. The summed E-state index contributed by atoms with van der Waals surface area (Å²) < 4.78 is 1.24. The second-order valence-corrected chi connectivity index (χ2v) is 11.0. The molecule has 0 fully saturated rings. The van der Waals surface area contributed by atoms with Gasteiger partial charge in [-0.2, -0.15) is 0 Å². The third-order valence-electron chi connectivity index (χ3n) is 5.31. The Bertz CT molecular complexity index is 1140. The van der Waals surface area contributed by atoms with Gasteiger partial charge in [0, 0.05) is 28.2 Å². The van der Waals surface area contributed by atoms with Gasteiger partial charge in [-0.25, -0.2) is 0 Å². The maximum absolute atomic E-state index is 11.4. The number of hydrogen-bond acceptors (Lipinski definition) is 10. The summed E-state index contributed by atoms with van der Waals surface area (Å²) in [5.41, 5.74) is 1.70. The number of ketones is 2. The smallest absolute Gasteiger partial charge is 0.543 e. The van der Waals surface area contributed by atoms with Gasteiger partial charge in [0.25, 0.3) is 0 Å². The van der Waals surface area contributed by atoms with Crippen molar-refractivity contribution >= 4 is 81.8 Å². The summed E-state index contributed by atoms with van der Waals surface area (Å²) in [6, 6.07) is -1.03. The summed E-state index contributed by atoms with van der Waals surface area (Å²) in [6.45, 7) is 0. The molecule has 10 nitrogen and oxygen atoms in total. The molecule has 0 aromatic rings. The SMILES string of the molecule is CN(C)C(=S)S.CN(C)C(=S)S.O=C([O-])C1=CC=C2CC=CC(=O)C2N1.O=C([O-])C1=CC=C2CC=CC(=O)C2N1.[Mn+2]. The number of aliphatic carboxylic acids is 2. The van der Waals surface area contributed by atoms with Crippen molar-refractivity contribution in [3.63, 3.8) is 0 Å². The molecule has 41 heavy (non-hydrogen) atoms. The molecule has 221 valence electrons. The van der Waals surface area contributed by atoms with Crippen LogP contribution in [0, 0.1) is 0 Å². The standard InChI is InChI=1S/2C10H9NO3.2C3H7NS2.Mn/c2*12-8-3-1-2-6-4-5-7(10(13)14)11-9(6)8;2*1-4(2)3(5)6;/h2*1,3-5,9,11H,2H2,(H,13,14);2*1-2H3,(H,5,6);/q;;;;+2/p-2. The summed E-state index contributed by atoms with van der Waals surface area (Å²) >= 11 is 16.9. The summed E-state index contributed by atoms with van der Waals surface area (Å²) in [6.07, 6.45) is 14.0. The Balaban J connectivity index is 0.000000559. The predicted octanol–water partition coefficient (Wildman–Crippen LogP) is -0.382. The van der Waals surface area contributed by atoms with Crippen LogP contribution in [0.5, 0.6) is 0 Å². The third-order valence-corrected chi connectivity index (χ3v) is 6.85. The van der Waals surface area contributed by atoms with Crippen molar-refractivity contribution in [2.45, 2.75) is 24.9 Å². The fourth-order valence-corrected chi connectivity index (χ4v) is 3.11. The maximum atomic E-state index is 11.4. The zero-order valence-electron chi connectivity index (χ0n) is 22.6. The molecule has 2 unspecified atom stereocenters. The van der Waals surface area contributed by atoms with E-state index < -0.39 is 24.0 Å². The van der Waals surface area contributed by atoms with E-state index in [9.17, 15) is 29.4 Å². The molecule has 2 aliphatic heterocycles. The third kappa shape index (κ3) is 13.2. The van der Waals surface area contributed by atoms with E-state index in [-0.39, 0.29) is 40.0 Å². The minimum atomic E-state index is -1.29. The van der Waals surface area contributed by atoms with Crippen LogP contribution in [0.25, 0.3) is 0 Å². The number of carboxylic acid groups (broad SMARTS) is 2. The fraction of sp³-hybridized carbons (Fsp3) is 0.308. The van der Waals surface area contributed by atoms with Crippen molar-refractivity contribution in [1.29, 1.82) is 0 Å². The van der Waals surface area contributed by atoms with E-state index in [0.717, 1.165) is 11.1 Å². The number of nitrogens with one attached hydrogen (secondary N) is 2. The number of carboxylic acids is 2. The van der Waals surface area contributed by atoms with E-state index in [1.165, 1.54) is 24.3 Å². The topological polar surface area (TPSA) is 145 Å². The van der Waals surface area contributed by atoms with E-state index in [1.807, 2.05) is 28.2 Å². The van der Waals surface area contributed by atoms with Gasteiger partial charge in [-0.1, -0.05) is 48.7 Å². The van der Waals surface area contributed by atoms with Gasteiger partial charge in [-0.15, -0.1) is 25.3 Å². The largest absolute Gasteiger partial charge is 2.00 e. The van der Waals surface area contributed by atoms with Crippen LogP contribution >= 0.6 is 49.7 Å². The fourth-order valence-electron chi connectivity index (χ4n) is 3.11. The minimum Gasteiger partial charge on any atom is -0.543 e. The molecule has 2 atom stereocenters. The number of carbonyl (C=O) groups is 4. The first-order valence-electron chi connectivity index (χ1n) is 11.6. The summed E-state index contributed by atoms with van der Waals surface area (Å²) in [4.78, 5) is 47.3. The molecule has 0 saturated carbocycles. The van der Waals surface area contributed by atoms with Crippen LogP contribution in [0.4, 0.5) is 0 Å². The first-order chi connectivity index (χ1) is 18.6. The number of nitrogens with zero attached hydrogens (tertiary/aromatic N) is 2. The van der Waals surface area contributed by atoms with Gasteiger partial charge in [-0.3, -0.25) is 9.59 Å². The summed E-state index contributed by atoms with van der Waals surface area (Å²) in [5, 5.41) is 26.3. The quantitative estimate of drug-likeness (QED) is 0.172. The average Bonchev–Trinajstić information content (AvgIpc) is 2.89. The Morgan fingerprint density at radius 2 is 1.05 bits per heavy atom.